The minimum atomic E-state index is 0.521. The van der Waals surface area contributed by atoms with E-state index in [1.165, 1.54) is 12.0 Å². The normalized spacial score (nSPS) is 12.3. The molecule has 0 saturated carbocycles. The monoisotopic (exact) mass is 279 g/mol. The van der Waals surface area contributed by atoms with Crippen molar-refractivity contribution in [3.8, 4) is 5.75 Å². The van der Waals surface area contributed by atoms with E-state index in [0.29, 0.717) is 12.6 Å². The van der Waals surface area contributed by atoms with Gasteiger partial charge in [0.05, 0.1) is 6.61 Å². The Hall–Kier alpha value is -1.06. The molecule has 0 bridgehead atoms. The molecule has 1 aromatic rings. The topological polar surface area (TPSA) is 30.5 Å². The second kappa shape index (κ2) is 10.7. The van der Waals surface area contributed by atoms with Crippen molar-refractivity contribution in [2.24, 2.45) is 0 Å². The lowest BCUT2D eigenvalue weighted by molar-refractivity contribution is 0.131. The molecular weight excluding hydrogens is 250 g/mol. The standard InChI is InChI=1S/C17H29NO2/c1-4-11-18-15(3)14-16-7-9-17(10-8-16)20-13-6-12-19-5-2/h7-10,15,18H,4-6,11-14H2,1-3H3. The summed E-state index contributed by atoms with van der Waals surface area (Å²) < 4.78 is 11.0. The van der Waals surface area contributed by atoms with E-state index in [-0.39, 0.29) is 0 Å². The Morgan fingerprint density at radius 2 is 1.85 bits per heavy atom. The maximum absolute atomic E-state index is 5.68. The Balaban J connectivity index is 2.25. The zero-order chi connectivity index (χ0) is 14.6. The summed E-state index contributed by atoms with van der Waals surface area (Å²) in [6.45, 7) is 9.78. The van der Waals surface area contributed by atoms with Crippen molar-refractivity contribution in [3.63, 3.8) is 0 Å². The molecule has 0 aromatic heterocycles. The van der Waals surface area contributed by atoms with Gasteiger partial charge in [-0.2, -0.15) is 0 Å². The fourth-order valence-corrected chi connectivity index (χ4v) is 2.03. The summed E-state index contributed by atoms with van der Waals surface area (Å²) in [5.74, 6) is 0.944. The first-order valence-corrected chi connectivity index (χ1v) is 7.79. The fraction of sp³-hybridized carbons (Fsp3) is 0.647. The van der Waals surface area contributed by atoms with E-state index in [0.717, 1.165) is 38.3 Å². The van der Waals surface area contributed by atoms with E-state index in [2.05, 4.69) is 43.4 Å². The summed E-state index contributed by atoms with van der Waals surface area (Å²) in [6.07, 6.45) is 3.18. The zero-order valence-electron chi connectivity index (χ0n) is 13.2. The van der Waals surface area contributed by atoms with Gasteiger partial charge >= 0.3 is 0 Å². The quantitative estimate of drug-likeness (QED) is 0.630. The van der Waals surface area contributed by atoms with Crippen LogP contribution >= 0.6 is 0 Å². The van der Waals surface area contributed by atoms with Gasteiger partial charge in [0.15, 0.2) is 0 Å². The minimum absolute atomic E-state index is 0.521. The Morgan fingerprint density at radius 3 is 2.50 bits per heavy atom. The first kappa shape index (κ1) is 17.0. The summed E-state index contributed by atoms with van der Waals surface area (Å²) in [4.78, 5) is 0. The molecule has 0 spiro atoms. The number of ether oxygens (including phenoxy) is 2. The summed E-state index contributed by atoms with van der Waals surface area (Å²) in [7, 11) is 0. The molecule has 0 saturated heterocycles. The molecule has 0 aliphatic heterocycles. The van der Waals surface area contributed by atoms with Gasteiger partial charge in [-0.05, 0) is 50.9 Å². The zero-order valence-corrected chi connectivity index (χ0v) is 13.2. The Labute approximate surface area is 123 Å². The van der Waals surface area contributed by atoms with Gasteiger partial charge in [0.25, 0.3) is 0 Å². The van der Waals surface area contributed by atoms with Crippen molar-refractivity contribution in [3.05, 3.63) is 29.8 Å². The highest BCUT2D eigenvalue weighted by Gasteiger charge is 2.02. The van der Waals surface area contributed by atoms with Crippen LogP contribution < -0.4 is 10.1 Å². The van der Waals surface area contributed by atoms with E-state index in [9.17, 15) is 0 Å². The van der Waals surface area contributed by atoms with Crippen LogP contribution in [0.25, 0.3) is 0 Å². The molecule has 1 N–H and O–H groups in total. The van der Waals surface area contributed by atoms with Gasteiger partial charge < -0.3 is 14.8 Å². The van der Waals surface area contributed by atoms with Gasteiger partial charge in [-0.1, -0.05) is 19.1 Å². The third kappa shape index (κ3) is 7.51. The van der Waals surface area contributed by atoms with Crippen LogP contribution in [0.15, 0.2) is 24.3 Å². The molecule has 20 heavy (non-hydrogen) atoms. The predicted octanol–water partition coefficient (Wildman–Crippen LogP) is 3.42. The van der Waals surface area contributed by atoms with E-state index >= 15 is 0 Å². The highest BCUT2D eigenvalue weighted by molar-refractivity contribution is 5.27. The summed E-state index contributed by atoms with van der Waals surface area (Å²) in [6, 6.07) is 8.95. The molecule has 1 aromatic carbocycles. The Bertz CT molecular complexity index is 337. The van der Waals surface area contributed by atoms with Crippen LogP contribution in [0.3, 0.4) is 0 Å². The maximum Gasteiger partial charge on any atom is 0.119 e. The van der Waals surface area contributed by atoms with E-state index in [1.54, 1.807) is 0 Å². The molecule has 1 atom stereocenters. The smallest absolute Gasteiger partial charge is 0.119 e. The van der Waals surface area contributed by atoms with Crippen LogP contribution in [0, 0.1) is 0 Å². The van der Waals surface area contributed by atoms with Crippen LogP contribution in [-0.4, -0.2) is 32.4 Å². The van der Waals surface area contributed by atoms with Crippen molar-refractivity contribution >= 4 is 0 Å². The molecule has 3 nitrogen and oxygen atoms in total. The van der Waals surface area contributed by atoms with Crippen molar-refractivity contribution in [1.82, 2.24) is 5.32 Å². The second-order valence-electron chi connectivity index (χ2n) is 5.10. The lowest BCUT2D eigenvalue weighted by Gasteiger charge is -2.13. The average Bonchev–Trinajstić information content (AvgIpc) is 2.46. The van der Waals surface area contributed by atoms with Gasteiger partial charge in [-0.25, -0.2) is 0 Å². The van der Waals surface area contributed by atoms with Crippen molar-refractivity contribution in [2.45, 2.75) is 46.1 Å². The number of benzene rings is 1. The third-order valence-electron chi connectivity index (χ3n) is 3.11. The molecule has 3 heteroatoms. The largest absolute Gasteiger partial charge is 0.494 e. The van der Waals surface area contributed by atoms with Gasteiger partial charge in [0.2, 0.25) is 0 Å². The Morgan fingerprint density at radius 1 is 1.10 bits per heavy atom. The Kier molecular flexibility index (Phi) is 9.09. The third-order valence-corrected chi connectivity index (χ3v) is 3.11. The highest BCUT2D eigenvalue weighted by atomic mass is 16.5. The molecular formula is C17H29NO2. The first-order chi connectivity index (χ1) is 9.76. The average molecular weight is 279 g/mol. The van der Waals surface area contributed by atoms with Gasteiger partial charge in [0, 0.05) is 25.7 Å². The number of nitrogens with one attached hydrogen (secondary N) is 1. The maximum atomic E-state index is 5.68. The van der Waals surface area contributed by atoms with Crippen LogP contribution in [0.5, 0.6) is 5.75 Å². The van der Waals surface area contributed by atoms with Gasteiger partial charge in [-0.3, -0.25) is 0 Å². The number of rotatable bonds is 11. The van der Waals surface area contributed by atoms with Crippen LogP contribution in [0.4, 0.5) is 0 Å². The molecule has 0 fully saturated rings. The molecule has 1 unspecified atom stereocenters. The van der Waals surface area contributed by atoms with E-state index in [4.69, 9.17) is 9.47 Å². The molecule has 114 valence electrons. The van der Waals surface area contributed by atoms with Crippen molar-refractivity contribution < 1.29 is 9.47 Å². The van der Waals surface area contributed by atoms with Crippen LogP contribution in [-0.2, 0) is 11.2 Å². The lowest BCUT2D eigenvalue weighted by atomic mass is 10.1. The second-order valence-corrected chi connectivity index (χ2v) is 5.10. The summed E-state index contributed by atoms with van der Waals surface area (Å²) in [5, 5.41) is 3.50. The molecule has 1 rings (SSSR count). The molecule has 0 aliphatic carbocycles. The van der Waals surface area contributed by atoms with Crippen molar-refractivity contribution in [1.29, 1.82) is 0 Å². The molecule has 0 radical (unpaired) electrons. The minimum Gasteiger partial charge on any atom is -0.494 e. The van der Waals surface area contributed by atoms with E-state index in [1.807, 2.05) is 6.92 Å². The highest BCUT2D eigenvalue weighted by Crippen LogP contribution is 2.13. The SMILES string of the molecule is CCCNC(C)Cc1ccc(OCCCOCC)cc1. The number of hydrogen-bond donors (Lipinski definition) is 1. The molecule has 0 amide bonds. The summed E-state index contributed by atoms with van der Waals surface area (Å²) in [5.41, 5.74) is 1.35. The molecule has 0 heterocycles. The van der Waals surface area contributed by atoms with Crippen LogP contribution in [0.2, 0.25) is 0 Å². The van der Waals surface area contributed by atoms with E-state index < -0.39 is 0 Å². The molecule has 0 aliphatic rings. The van der Waals surface area contributed by atoms with Gasteiger partial charge in [0.1, 0.15) is 5.75 Å². The summed E-state index contributed by atoms with van der Waals surface area (Å²) >= 11 is 0. The fourth-order valence-electron chi connectivity index (χ4n) is 2.03. The lowest BCUT2D eigenvalue weighted by Crippen LogP contribution is -2.28. The first-order valence-electron chi connectivity index (χ1n) is 7.79. The predicted molar refractivity (Wildman–Crippen MR) is 84.5 cm³/mol. The van der Waals surface area contributed by atoms with Crippen molar-refractivity contribution in [2.75, 3.05) is 26.4 Å². The number of hydrogen-bond acceptors (Lipinski definition) is 3. The van der Waals surface area contributed by atoms with Crippen LogP contribution in [0.1, 0.15) is 39.2 Å². The van der Waals surface area contributed by atoms with Gasteiger partial charge in [-0.15, -0.1) is 0 Å².